The minimum atomic E-state index is -0.236. The summed E-state index contributed by atoms with van der Waals surface area (Å²) in [5.41, 5.74) is 2.06. The Hall–Kier alpha value is -2.10. The number of likely N-dealkylation sites (N-methyl/N-ethyl adjacent to an activating group) is 1. The second-order valence-electron chi connectivity index (χ2n) is 6.03. The first-order valence-corrected chi connectivity index (χ1v) is 9.15. The molecule has 1 aliphatic rings. The maximum atomic E-state index is 12.1. The number of anilines is 2. The number of hydrogen-bond donors (Lipinski definition) is 2. The Morgan fingerprint density at radius 3 is 2.84 bits per heavy atom. The van der Waals surface area contributed by atoms with Gasteiger partial charge in [-0.25, -0.2) is 4.98 Å². The van der Waals surface area contributed by atoms with Crippen LogP contribution < -0.4 is 10.2 Å². The summed E-state index contributed by atoms with van der Waals surface area (Å²) in [7, 11) is 2.06. The van der Waals surface area contributed by atoms with Crippen molar-refractivity contribution in [3.8, 4) is 0 Å². The SMILES string of the molecule is CN(CCO)C1CCN(c2ccc(C(=O)Nc3nncs3)cn2)CC1. The van der Waals surface area contributed by atoms with Gasteiger partial charge in [0, 0.05) is 31.9 Å². The minimum Gasteiger partial charge on any atom is -0.395 e. The van der Waals surface area contributed by atoms with Gasteiger partial charge in [-0.15, -0.1) is 10.2 Å². The molecule has 0 saturated carbocycles. The van der Waals surface area contributed by atoms with Gasteiger partial charge in [0.05, 0.1) is 12.2 Å². The van der Waals surface area contributed by atoms with Gasteiger partial charge in [-0.2, -0.15) is 0 Å². The van der Waals surface area contributed by atoms with Gasteiger partial charge < -0.3 is 14.9 Å². The van der Waals surface area contributed by atoms with E-state index >= 15 is 0 Å². The summed E-state index contributed by atoms with van der Waals surface area (Å²) in [6, 6.07) is 4.16. The Balaban J connectivity index is 1.55. The van der Waals surface area contributed by atoms with Crippen molar-refractivity contribution in [1.29, 1.82) is 0 Å². The highest BCUT2D eigenvalue weighted by atomic mass is 32.1. The molecule has 0 aromatic carbocycles. The lowest BCUT2D eigenvalue weighted by Crippen LogP contribution is -2.44. The van der Waals surface area contributed by atoms with E-state index in [1.807, 2.05) is 6.07 Å². The molecule has 0 bridgehead atoms. The molecule has 1 amide bonds. The quantitative estimate of drug-likeness (QED) is 0.794. The average molecular weight is 362 g/mol. The van der Waals surface area contributed by atoms with Crippen LogP contribution in [0.1, 0.15) is 23.2 Å². The van der Waals surface area contributed by atoms with Gasteiger partial charge in [-0.1, -0.05) is 11.3 Å². The number of nitrogens with one attached hydrogen (secondary N) is 1. The Bertz CT molecular complexity index is 670. The molecule has 1 saturated heterocycles. The van der Waals surface area contributed by atoms with Crippen LogP contribution in [0.25, 0.3) is 0 Å². The fraction of sp³-hybridized carbons (Fsp3) is 0.500. The van der Waals surface area contributed by atoms with E-state index in [0.29, 0.717) is 23.3 Å². The molecule has 0 atom stereocenters. The smallest absolute Gasteiger partial charge is 0.259 e. The molecule has 134 valence electrons. The van der Waals surface area contributed by atoms with Gasteiger partial charge in [0.15, 0.2) is 0 Å². The highest BCUT2D eigenvalue weighted by Gasteiger charge is 2.23. The number of amides is 1. The fourth-order valence-electron chi connectivity index (χ4n) is 2.98. The molecular formula is C16H22N6O2S. The first kappa shape index (κ1) is 17.7. The van der Waals surface area contributed by atoms with Crippen LogP contribution in [0.3, 0.4) is 0 Å². The van der Waals surface area contributed by atoms with Crippen molar-refractivity contribution in [3.05, 3.63) is 29.4 Å². The molecule has 0 radical (unpaired) electrons. The number of piperidine rings is 1. The molecule has 2 N–H and O–H groups in total. The highest BCUT2D eigenvalue weighted by molar-refractivity contribution is 7.13. The summed E-state index contributed by atoms with van der Waals surface area (Å²) >= 11 is 1.28. The lowest BCUT2D eigenvalue weighted by molar-refractivity contribution is 0.102. The monoisotopic (exact) mass is 362 g/mol. The molecule has 25 heavy (non-hydrogen) atoms. The zero-order valence-corrected chi connectivity index (χ0v) is 14.9. The largest absolute Gasteiger partial charge is 0.395 e. The van der Waals surface area contributed by atoms with Crippen LogP contribution in [0, 0.1) is 0 Å². The maximum absolute atomic E-state index is 12.1. The van der Waals surface area contributed by atoms with Crippen LogP contribution in [-0.4, -0.2) is 70.4 Å². The van der Waals surface area contributed by atoms with Crippen LogP contribution >= 0.6 is 11.3 Å². The molecule has 2 aromatic rings. The number of aliphatic hydroxyl groups is 1. The maximum Gasteiger partial charge on any atom is 0.259 e. The zero-order valence-electron chi connectivity index (χ0n) is 14.1. The van der Waals surface area contributed by atoms with Gasteiger partial charge in [0.1, 0.15) is 11.3 Å². The van der Waals surface area contributed by atoms with Crippen molar-refractivity contribution in [2.75, 3.05) is 43.5 Å². The average Bonchev–Trinajstić information content (AvgIpc) is 3.15. The molecule has 0 spiro atoms. The van der Waals surface area contributed by atoms with E-state index in [1.165, 1.54) is 11.3 Å². The molecule has 9 heteroatoms. The van der Waals surface area contributed by atoms with Crippen molar-refractivity contribution in [3.63, 3.8) is 0 Å². The molecule has 2 aromatic heterocycles. The first-order chi connectivity index (χ1) is 12.2. The van der Waals surface area contributed by atoms with Crippen molar-refractivity contribution >= 4 is 28.2 Å². The summed E-state index contributed by atoms with van der Waals surface area (Å²) in [4.78, 5) is 21.0. The number of rotatable bonds is 6. The predicted molar refractivity (Wildman–Crippen MR) is 97.1 cm³/mol. The number of carbonyl (C=O) groups excluding carboxylic acids is 1. The van der Waals surface area contributed by atoms with Crippen LogP contribution in [0.15, 0.2) is 23.8 Å². The number of hydrogen-bond acceptors (Lipinski definition) is 8. The third kappa shape index (κ3) is 4.50. The van der Waals surface area contributed by atoms with E-state index in [2.05, 4.69) is 37.3 Å². The summed E-state index contributed by atoms with van der Waals surface area (Å²) in [5.74, 6) is 0.649. The summed E-state index contributed by atoms with van der Waals surface area (Å²) in [5, 5.41) is 19.7. The molecular weight excluding hydrogens is 340 g/mol. The number of carbonyl (C=O) groups is 1. The van der Waals surface area contributed by atoms with Crippen LogP contribution in [0.5, 0.6) is 0 Å². The molecule has 3 heterocycles. The highest BCUT2D eigenvalue weighted by Crippen LogP contribution is 2.21. The number of aliphatic hydroxyl groups excluding tert-OH is 1. The Morgan fingerprint density at radius 2 is 2.24 bits per heavy atom. The van der Waals surface area contributed by atoms with Gasteiger partial charge in [-0.3, -0.25) is 10.1 Å². The summed E-state index contributed by atoms with van der Waals surface area (Å²) in [6.45, 7) is 2.74. The first-order valence-electron chi connectivity index (χ1n) is 8.27. The number of nitrogens with zero attached hydrogens (tertiary/aromatic N) is 5. The Labute approximate surface area is 150 Å². The van der Waals surface area contributed by atoms with E-state index < -0.39 is 0 Å². The lowest BCUT2D eigenvalue weighted by atomic mass is 10.0. The Kier molecular flexibility index (Phi) is 5.90. The van der Waals surface area contributed by atoms with Crippen LogP contribution in [0.4, 0.5) is 10.9 Å². The fourth-order valence-corrected chi connectivity index (χ4v) is 3.42. The zero-order chi connectivity index (χ0) is 17.6. The van der Waals surface area contributed by atoms with Crippen molar-refractivity contribution in [1.82, 2.24) is 20.1 Å². The standard InChI is InChI=1S/C16H22N6O2S/c1-21(8-9-23)13-4-6-22(7-5-13)14-3-2-12(10-17-14)15(24)19-16-20-18-11-25-16/h2-3,10-11,13,23H,4-9H2,1H3,(H,19,20,24). The van der Waals surface area contributed by atoms with E-state index in [-0.39, 0.29) is 12.5 Å². The normalized spacial score (nSPS) is 15.6. The second kappa shape index (κ2) is 8.32. The molecule has 1 aliphatic heterocycles. The molecule has 1 fully saturated rings. The van der Waals surface area contributed by atoms with Gasteiger partial charge in [-0.05, 0) is 32.0 Å². The summed E-state index contributed by atoms with van der Waals surface area (Å²) in [6.07, 6.45) is 3.67. The third-order valence-corrected chi connectivity index (χ3v) is 5.06. The molecule has 0 aliphatic carbocycles. The van der Waals surface area contributed by atoms with Crippen LogP contribution in [0.2, 0.25) is 0 Å². The van der Waals surface area contributed by atoms with Crippen LogP contribution in [-0.2, 0) is 0 Å². The van der Waals surface area contributed by atoms with E-state index in [0.717, 1.165) is 31.7 Å². The van der Waals surface area contributed by atoms with Gasteiger partial charge in [0.2, 0.25) is 5.13 Å². The van der Waals surface area contributed by atoms with Gasteiger partial charge >= 0.3 is 0 Å². The molecule has 8 nitrogen and oxygen atoms in total. The van der Waals surface area contributed by atoms with Crippen molar-refractivity contribution in [2.24, 2.45) is 0 Å². The van der Waals surface area contributed by atoms with E-state index in [1.54, 1.807) is 17.8 Å². The van der Waals surface area contributed by atoms with Crippen molar-refractivity contribution in [2.45, 2.75) is 18.9 Å². The topological polar surface area (TPSA) is 94.5 Å². The molecule has 0 unspecified atom stereocenters. The number of pyridine rings is 1. The Morgan fingerprint density at radius 1 is 1.44 bits per heavy atom. The minimum absolute atomic E-state index is 0.193. The molecule has 3 rings (SSSR count). The van der Waals surface area contributed by atoms with Gasteiger partial charge in [0.25, 0.3) is 5.91 Å². The number of aromatic nitrogens is 3. The third-order valence-electron chi connectivity index (χ3n) is 4.46. The van der Waals surface area contributed by atoms with E-state index in [9.17, 15) is 4.79 Å². The lowest BCUT2D eigenvalue weighted by Gasteiger charge is -2.37. The predicted octanol–water partition coefficient (Wildman–Crippen LogP) is 1.08. The summed E-state index contributed by atoms with van der Waals surface area (Å²) < 4.78 is 0. The van der Waals surface area contributed by atoms with E-state index in [4.69, 9.17) is 5.11 Å². The second-order valence-corrected chi connectivity index (χ2v) is 6.86. The van der Waals surface area contributed by atoms with Crippen molar-refractivity contribution < 1.29 is 9.90 Å².